The van der Waals surface area contributed by atoms with Crippen LogP contribution in [0.15, 0.2) is 48.5 Å². The Morgan fingerprint density at radius 1 is 0.857 bits per heavy atom. The van der Waals surface area contributed by atoms with Gasteiger partial charge in [0.25, 0.3) is 5.91 Å². The standard InChI is InChI=1S/C20H22N4O3S/c1-13-8-9-16(12-14(13)2)21-17(25)10-11-18(26)23-24-20(28)22-19(27)15-6-4-3-5-7-15/h3-9,12H,10-11H2,1-2H3,(H,21,25)(H,23,26)(H2,22,24,27,28). The molecule has 0 bridgehead atoms. The highest BCUT2D eigenvalue weighted by Crippen LogP contribution is 2.14. The van der Waals surface area contributed by atoms with Gasteiger partial charge in [-0.15, -0.1) is 0 Å². The van der Waals surface area contributed by atoms with E-state index < -0.39 is 5.91 Å². The molecule has 0 saturated heterocycles. The molecule has 7 nitrogen and oxygen atoms in total. The van der Waals surface area contributed by atoms with Crippen LogP contribution in [0.25, 0.3) is 0 Å². The molecule has 0 atom stereocenters. The Labute approximate surface area is 168 Å². The van der Waals surface area contributed by atoms with Crippen LogP contribution in [0.1, 0.15) is 34.3 Å². The maximum Gasteiger partial charge on any atom is 0.257 e. The van der Waals surface area contributed by atoms with Crippen molar-refractivity contribution in [1.82, 2.24) is 16.2 Å². The van der Waals surface area contributed by atoms with Gasteiger partial charge in [-0.25, -0.2) is 0 Å². The van der Waals surface area contributed by atoms with Crippen molar-refractivity contribution in [3.8, 4) is 0 Å². The molecule has 0 heterocycles. The molecule has 2 aromatic carbocycles. The number of carbonyl (C=O) groups is 3. The van der Waals surface area contributed by atoms with E-state index in [0.717, 1.165) is 11.1 Å². The van der Waals surface area contributed by atoms with Crippen LogP contribution in [0.4, 0.5) is 5.69 Å². The minimum absolute atomic E-state index is 0.0174. The summed E-state index contributed by atoms with van der Waals surface area (Å²) in [6.45, 7) is 3.95. The first-order valence-electron chi connectivity index (χ1n) is 8.67. The third kappa shape index (κ3) is 6.81. The molecule has 3 amide bonds. The van der Waals surface area contributed by atoms with E-state index >= 15 is 0 Å². The third-order valence-electron chi connectivity index (χ3n) is 3.95. The molecule has 0 radical (unpaired) electrons. The predicted octanol–water partition coefficient (Wildman–Crippen LogP) is 2.36. The first-order chi connectivity index (χ1) is 13.3. The lowest BCUT2D eigenvalue weighted by Gasteiger charge is -2.11. The number of rotatable bonds is 5. The monoisotopic (exact) mass is 398 g/mol. The number of hydrazine groups is 1. The summed E-state index contributed by atoms with van der Waals surface area (Å²) in [6.07, 6.45) is -0.0114. The molecule has 0 spiro atoms. The second-order valence-corrected chi connectivity index (χ2v) is 6.58. The summed E-state index contributed by atoms with van der Waals surface area (Å²) in [7, 11) is 0. The molecule has 8 heteroatoms. The molecule has 0 unspecified atom stereocenters. The summed E-state index contributed by atoms with van der Waals surface area (Å²) in [5.74, 6) is -1.08. The molecule has 0 saturated carbocycles. The fraction of sp³-hybridized carbons (Fsp3) is 0.200. The van der Waals surface area contributed by atoms with Crippen LogP contribution >= 0.6 is 12.2 Å². The van der Waals surface area contributed by atoms with Gasteiger partial charge in [-0.2, -0.15) is 0 Å². The van der Waals surface area contributed by atoms with Crippen molar-refractivity contribution in [3.63, 3.8) is 0 Å². The molecular weight excluding hydrogens is 376 g/mol. The number of amides is 3. The van der Waals surface area contributed by atoms with Gasteiger partial charge in [0.15, 0.2) is 5.11 Å². The summed E-state index contributed by atoms with van der Waals surface area (Å²) in [5.41, 5.74) is 8.14. The van der Waals surface area contributed by atoms with Gasteiger partial charge < -0.3 is 5.32 Å². The zero-order valence-electron chi connectivity index (χ0n) is 15.7. The number of hydrogen-bond acceptors (Lipinski definition) is 4. The Morgan fingerprint density at radius 3 is 2.21 bits per heavy atom. The van der Waals surface area contributed by atoms with Crippen molar-refractivity contribution >= 4 is 40.7 Å². The number of aryl methyl sites for hydroxylation is 2. The van der Waals surface area contributed by atoms with Gasteiger partial charge in [-0.3, -0.25) is 30.6 Å². The smallest absolute Gasteiger partial charge is 0.257 e. The predicted molar refractivity (Wildman–Crippen MR) is 112 cm³/mol. The Balaban J connectivity index is 1.69. The number of anilines is 1. The Morgan fingerprint density at radius 2 is 1.54 bits per heavy atom. The molecule has 0 aromatic heterocycles. The Bertz CT molecular complexity index is 884. The Hall–Kier alpha value is -3.26. The van der Waals surface area contributed by atoms with Crippen molar-refractivity contribution in [1.29, 1.82) is 0 Å². The van der Waals surface area contributed by atoms with Gasteiger partial charge in [0, 0.05) is 24.1 Å². The van der Waals surface area contributed by atoms with Crippen molar-refractivity contribution in [3.05, 3.63) is 65.2 Å². The van der Waals surface area contributed by atoms with E-state index in [1.807, 2.05) is 32.0 Å². The lowest BCUT2D eigenvalue weighted by molar-refractivity contribution is -0.124. The summed E-state index contributed by atoms with van der Waals surface area (Å²) in [5, 5.41) is 5.16. The van der Waals surface area contributed by atoms with Gasteiger partial charge in [0.05, 0.1) is 0 Å². The lowest BCUT2D eigenvalue weighted by atomic mass is 10.1. The molecule has 2 aromatic rings. The topological polar surface area (TPSA) is 99.3 Å². The lowest BCUT2D eigenvalue weighted by Crippen LogP contribution is -2.48. The van der Waals surface area contributed by atoms with Crippen LogP contribution in [-0.4, -0.2) is 22.8 Å². The van der Waals surface area contributed by atoms with Gasteiger partial charge >= 0.3 is 0 Å². The van der Waals surface area contributed by atoms with E-state index in [-0.39, 0.29) is 29.8 Å². The fourth-order valence-electron chi connectivity index (χ4n) is 2.25. The van der Waals surface area contributed by atoms with E-state index in [9.17, 15) is 14.4 Å². The van der Waals surface area contributed by atoms with E-state index in [0.29, 0.717) is 11.3 Å². The number of nitrogens with one attached hydrogen (secondary N) is 4. The molecule has 28 heavy (non-hydrogen) atoms. The zero-order valence-corrected chi connectivity index (χ0v) is 16.5. The van der Waals surface area contributed by atoms with E-state index in [2.05, 4.69) is 21.5 Å². The SMILES string of the molecule is Cc1ccc(NC(=O)CCC(=O)NNC(=S)NC(=O)c2ccccc2)cc1C. The van der Waals surface area contributed by atoms with Gasteiger partial charge in [0.1, 0.15) is 0 Å². The van der Waals surface area contributed by atoms with Crippen molar-refractivity contribution in [2.45, 2.75) is 26.7 Å². The normalized spacial score (nSPS) is 9.93. The molecule has 4 N–H and O–H groups in total. The van der Waals surface area contributed by atoms with E-state index in [1.54, 1.807) is 30.3 Å². The fourth-order valence-corrected chi connectivity index (χ4v) is 2.40. The van der Waals surface area contributed by atoms with Crippen LogP contribution in [0.2, 0.25) is 0 Å². The highest BCUT2D eigenvalue weighted by atomic mass is 32.1. The molecule has 0 aliphatic rings. The molecule has 146 valence electrons. The van der Waals surface area contributed by atoms with E-state index in [1.165, 1.54) is 0 Å². The minimum Gasteiger partial charge on any atom is -0.326 e. The third-order valence-corrected chi connectivity index (χ3v) is 4.15. The summed E-state index contributed by atoms with van der Waals surface area (Å²) in [4.78, 5) is 35.7. The number of hydrogen-bond donors (Lipinski definition) is 4. The second kappa shape index (κ2) is 10.2. The number of carbonyl (C=O) groups excluding carboxylic acids is 3. The number of thiocarbonyl (C=S) groups is 1. The van der Waals surface area contributed by atoms with Gasteiger partial charge in [-0.1, -0.05) is 24.3 Å². The highest BCUT2D eigenvalue weighted by molar-refractivity contribution is 7.80. The Kier molecular flexibility index (Phi) is 7.65. The van der Waals surface area contributed by atoms with Crippen LogP contribution in [0, 0.1) is 13.8 Å². The van der Waals surface area contributed by atoms with E-state index in [4.69, 9.17) is 12.2 Å². The summed E-state index contributed by atoms with van der Waals surface area (Å²) < 4.78 is 0. The van der Waals surface area contributed by atoms with Gasteiger partial charge in [0.2, 0.25) is 11.8 Å². The van der Waals surface area contributed by atoms with Crippen LogP contribution in [-0.2, 0) is 9.59 Å². The zero-order chi connectivity index (χ0) is 20.5. The summed E-state index contributed by atoms with van der Waals surface area (Å²) >= 11 is 4.96. The first-order valence-corrected chi connectivity index (χ1v) is 9.08. The van der Waals surface area contributed by atoms with Crippen molar-refractivity contribution < 1.29 is 14.4 Å². The van der Waals surface area contributed by atoms with Crippen molar-refractivity contribution in [2.75, 3.05) is 5.32 Å². The molecular formula is C20H22N4O3S. The first kappa shape index (κ1) is 21.0. The molecule has 0 aliphatic heterocycles. The maximum atomic E-state index is 12.0. The van der Waals surface area contributed by atoms with Crippen LogP contribution in [0.5, 0.6) is 0 Å². The average molecular weight is 398 g/mol. The highest BCUT2D eigenvalue weighted by Gasteiger charge is 2.10. The average Bonchev–Trinajstić information content (AvgIpc) is 2.68. The van der Waals surface area contributed by atoms with Gasteiger partial charge in [-0.05, 0) is 61.5 Å². The quantitative estimate of drug-likeness (QED) is 0.458. The molecule has 0 aliphatic carbocycles. The van der Waals surface area contributed by atoms with Crippen LogP contribution < -0.4 is 21.5 Å². The minimum atomic E-state index is -0.424. The maximum absolute atomic E-state index is 12.0. The molecule has 2 rings (SSSR count). The molecule has 0 fully saturated rings. The van der Waals surface area contributed by atoms with Crippen LogP contribution in [0.3, 0.4) is 0 Å². The number of benzene rings is 2. The largest absolute Gasteiger partial charge is 0.326 e. The van der Waals surface area contributed by atoms with Crippen molar-refractivity contribution in [2.24, 2.45) is 0 Å². The second-order valence-electron chi connectivity index (χ2n) is 6.17. The summed E-state index contributed by atoms with van der Waals surface area (Å²) in [6, 6.07) is 14.2.